The van der Waals surface area contributed by atoms with Gasteiger partial charge in [-0.2, -0.15) is 0 Å². The van der Waals surface area contributed by atoms with Crippen LogP contribution in [0, 0.1) is 6.92 Å². The second-order valence-corrected chi connectivity index (χ2v) is 6.48. The van der Waals surface area contributed by atoms with Crippen molar-refractivity contribution in [3.63, 3.8) is 0 Å². The fourth-order valence-electron chi connectivity index (χ4n) is 3.50. The summed E-state index contributed by atoms with van der Waals surface area (Å²) in [6.07, 6.45) is 2.74. The van der Waals surface area contributed by atoms with E-state index in [-0.39, 0.29) is 18.1 Å². The maximum atomic E-state index is 12.6. The zero-order chi connectivity index (χ0) is 19.4. The van der Waals surface area contributed by atoms with Crippen LogP contribution < -0.4 is 5.32 Å². The summed E-state index contributed by atoms with van der Waals surface area (Å²) in [5.74, 6) is 0.416. The maximum Gasteiger partial charge on any atom is 0.251 e. The molecule has 0 spiro atoms. The molecule has 1 amide bonds. The summed E-state index contributed by atoms with van der Waals surface area (Å²) in [6.45, 7) is 3.30. The third-order valence-electron chi connectivity index (χ3n) is 4.88. The lowest BCUT2D eigenvalue weighted by Gasteiger charge is -2.28. The van der Waals surface area contributed by atoms with Gasteiger partial charge in [0.05, 0.1) is 7.11 Å². The van der Waals surface area contributed by atoms with Gasteiger partial charge in [-0.05, 0) is 36.6 Å². The van der Waals surface area contributed by atoms with Crippen molar-refractivity contribution in [3.8, 4) is 0 Å². The number of hydrogen-bond donors (Lipinski definition) is 1. The number of fused-ring (bicyclic) bond motifs is 1. The molecule has 27 heavy (non-hydrogen) atoms. The molecular formula is C21H26N2O4. The first-order valence-corrected chi connectivity index (χ1v) is 8.95. The Kier molecular flexibility index (Phi) is 5.98. The number of hydrogen-bond acceptors (Lipinski definition) is 4. The molecular weight excluding hydrogens is 344 g/mol. The molecule has 0 aliphatic heterocycles. The van der Waals surface area contributed by atoms with Gasteiger partial charge in [0, 0.05) is 44.1 Å². The summed E-state index contributed by atoms with van der Waals surface area (Å²) in [5, 5.41) is 4.19. The molecule has 1 aliphatic rings. The van der Waals surface area contributed by atoms with Crippen LogP contribution in [0.2, 0.25) is 0 Å². The van der Waals surface area contributed by atoms with Gasteiger partial charge in [-0.25, -0.2) is 0 Å². The van der Waals surface area contributed by atoms with Gasteiger partial charge in [-0.1, -0.05) is 18.2 Å². The average Bonchev–Trinajstić information content (AvgIpc) is 3.01. The summed E-state index contributed by atoms with van der Waals surface area (Å²) in [4.78, 5) is 12.6. The molecule has 3 rings (SSSR count). The predicted octanol–water partition coefficient (Wildman–Crippen LogP) is 2.57. The molecule has 1 aromatic carbocycles. The lowest BCUT2D eigenvalue weighted by molar-refractivity contribution is -0.117. The molecule has 0 saturated carbocycles. The molecule has 1 aromatic heterocycles. The van der Waals surface area contributed by atoms with Crippen LogP contribution in [0.25, 0.3) is 10.9 Å². The van der Waals surface area contributed by atoms with E-state index in [0.29, 0.717) is 24.4 Å². The Bertz CT molecular complexity index is 881. The second-order valence-electron chi connectivity index (χ2n) is 6.48. The number of aromatic nitrogens is 1. The van der Waals surface area contributed by atoms with Crippen LogP contribution in [0.15, 0.2) is 53.8 Å². The molecule has 0 radical (unpaired) electrons. The molecule has 1 aliphatic carbocycles. The zero-order valence-corrected chi connectivity index (χ0v) is 16.2. The average molecular weight is 370 g/mol. The smallest absolute Gasteiger partial charge is 0.251 e. The van der Waals surface area contributed by atoms with Crippen molar-refractivity contribution < 1.29 is 19.0 Å². The molecule has 1 N–H and O–H groups in total. The minimum absolute atomic E-state index is 0.157. The summed E-state index contributed by atoms with van der Waals surface area (Å²) in [7, 11) is 4.73. The standard InChI is InChI=1S/C21H26N2O4/c1-14-11-15-7-5-6-8-17(15)23(14)10-9-22-21(24)16-12-18(25-2)20(27-4)19(13-16)26-3/h5-8,11-13,18,20H,9-10H2,1-4H3,(H,22,24). The number of amides is 1. The predicted molar refractivity (Wildman–Crippen MR) is 104 cm³/mol. The zero-order valence-electron chi connectivity index (χ0n) is 16.2. The minimum Gasteiger partial charge on any atom is -0.498 e. The summed E-state index contributed by atoms with van der Waals surface area (Å²) in [5.41, 5.74) is 2.86. The quantitative estimate of drug-likeness (QED) is 0.814. The Labute approximate surface area is 159 Å². The molecule has 0 bridgehead atoms. The van der Waals surface area contributed by atoms with Crippen LogP contribution >= 0.6 is 0 Å². The van der Waals surface area contributed by atoms with Gasteiger partial charge in [0.2, 0.25) is 0 Å². The number of nitrogens with one attached hydrogen (secondary N) is 1. The first-order valence-electron chi connectivity index (χ1n) is 8.95. The molecule has 2 unspecified atom stereocenters. The van der Waals surface area contributed by atoms with Crippen molar-refractivity contribution in [2.24, 2.45) is 0 Å². The Hall–Kier alpha value is -2.57. The highest BCUT2D eigenvalue weighted by Crippen LogP contribution is 2.23. The molecule has 0 saturated heterocycles. The summed E-state index contributed by atoms with van der Waals surface area (Å²) < 4.78 is 18.4. The third kappa shape index (κ3) is 3.91. The Morgan fingerprint density at radius 3 is 2.67 bits per heavy atom. The van der Waals surface area contributed by atoms with E-state index in [4.69, 9.17) is 14.2 Å². The van der Waals surface area contributed by atoms with E-state index in [9.17, 15) is 4.79 Å². The molecule has 2 aromatic rings. The van der Waals surface area contributed by atoms with E-state index in [2.05, 4.69) is 35.0 Å². The lowest BCUT2D eigenvalue weighted by Crippen LogP contribution is -2.36. The van der Waals surface area contributed by atoms with Gasteiger partial charge < -0.3 is 24.1 Å². The Morgan fingerprint density at radius 2 is 1.96 bits per heavy atom. The lowest BCUT2D eigenvalue weighted by atomic mass is 9.99. The van der Waals surface area contributed by atoms with E-state index < -0.39 is 0 Å². The first kappa shape index (κ1) is 19.2. The molecule has 2 atom stereocenters. The first-order chi connectivity index (χ1) is 13.1. The highest BCUT2D eigenvalue weighted by molar-refractivity contribution is 5.96. The number of para-hydroxylation sites is 1. The minimum atomic E-state index is -0.369. The molecule has 6 heteroatoms. The Balaban J connectivity index is 1.67. The molecule has 1 heterocycles. The van der Waals surface area contributed by atoms with Crippen molar-refractivity contribution in [3.05, 3.63) is 59.5 Å². The number of carbonyl (C=O) groups excluding carboxylic acids is 1. The van der Waals surface area contributed by atoms with Crippen molar-refractivity contribution in [1.29, 1.82) is 0 Å². The number of aryl methyl sites for hydroxylation is 1. The van der Waals surface area contributed by atoms with E-state index in [1.165, 1.54) is 16.6 Å². The number of nitrogens with zero attached hydrogens (tertiary/aromatic N) is 1. The van der Waals surface area contributed by atoms with E-state index in [1.807, 2.05) is 12.1 Å². The van der Waals surface area contributed by atoms with Crippen LogP contribution in [0.3, 0.4) is 0 Å². The molecule has 0 fully saturated rings. The van der Waals surface area contributed by atoms with Crippen molar-refractivity contribution in [2.75, 3.05) is 27.9 Å². The maximum absolute atomic E-state index is 12.6. The SMILES string of the molecule is COC1=CC(C(=O)NCCn2c(C)cc3ccccc32)=CC(OC)C1OC. The number of carbonyl (C=O) groups is 1. The summed E-state index contributed by atoms with van der Waals surface area (Å²) in [6, 6.07) is 10.4. The van der Waals surface area contributed by atoms with E-state index in [1.54, 1.807) is 33.5 Å². The van der Waals surface area contributed by atoms with Crippen LogP contribution in [0.1, 0.15) is 5.69 Å². The molecule has 144 valence electrons. The number of rotatable bonds is 7. The van der Waals surface area contributed by atoms with Crippen LogP contribution in [-0.4, -0.2) is 50.6 Å². The number of benzene rings is 1. The normalized spacial score (nSPS) is 19.6. The number of methoxy groups -OCH3 is 3. The van der Waals surface area contributed by atoms with Gasteiger partial charge in [0.15, 0.2) is 0 Å². The second kappa shape index (κ2) is 8.41. The van der Waals surface area contributed by atoms with Gasteiger partial charge in [-0.15, -0.1) is 0 Å². The largest absolute Gasteiger partial charge is 0.498 e. The topological polar surface area (TPSA) is 61.7 Å². The van der Waals surface area contributed by atoms with Gasteiger partial charge >= 0.3 is 0 Å². The fraction of sp³-hybridized carbons (Fsp3) is 0.381. The number of ether oxygens (including phenoxy) is 3. The van der Waals surface area contributed by atoms with Crippen molar-refractivity contribution >= 4 is 16.8 Å². The van der Waals surface area contributed by atoms with Crippen LogP contribution in [-0.2, 0) is 25.5 Å². The van der Waals surface area contributed by atoms with Crippen molar-refractivity contribution in [1.82, 2.24) is 9.88 Å². The van der Waals surface area contributed by atoms with E-state index in [0.717, 1.165) is 0 Å². The van der Waals surface area contributed by atoms with Crippen LogP contribution in [0.4, 0.5) is 0 Å². The van der Waals surface area contributed by atoms with Gasteiger partial charge in [-0.3, -0.25) is 4.79 Å². The van der Waals surface area contributed by atoms with Gasteiger partial charge in [0.1, 0.15) is 18.0 Å². The van der Waals surface area contributed by atoms with Crippen LogP contribution in [0.5, 0.6) is 0 Å². The van der Waals surface area contributed by atoms with Crippen molar-refractivity contribution in [2.45, 2.75) is 25.7 Å². The molecule has 6 nitrogen and oxygen atoms in total. The monoisotopic (exact) mass is 370 g/mol. The van der Waals surface area contributed by atoms with E-state index >= 15 is 0 Å². The third-order valence-corrected chi connectivity index (χ3v) is 4.88. The Morgan fingerprint density at radius 1 is 1.19 bits per heavy atom. The fourth-order valence-corrected chi connectivity index (χ4v) is 3.50. The highest BCUT2D eigenvalue weighted by Gasteiger charge is 2.30. The van der Waals surface area contributed by atoms with Gasteiger partial charge in [0.25, 0.3) is 5.91 Å². The highest BCUT2D eigenvalue weighted by atomic mass is 16.6. The summed E-state index contributed by atoms with van der Waals surface area (Å²) >= 11 is 0.